The highest BCUT2D eigenvalue weighted by Gasteiger charge is 2.32. The standard InChI is InChI=1S/C24H27F3N2O2/c1-15-11-12-20(16(2)13-15)21(23(31)28-19-9-4-3-5-10-19)29-22(30)17-7-6-8-18(14-17)24(25,26)27/h6-8,11-14,19,21H,3-5,9-10H2,1-2H3,(H,28,31)(H,29,30). The van der Waals surface area contributed by atoms with Gasteiger partial charge in [0, 0.05) is 11.6 Å². The van der Waals surface area contributed by atoms with Crippen molar-refractivity contribution in [2.75, 3.05) is 0 Å². The molecule has 0 heterocycles. The highest BCUT2D eigenvalue weighted by Crippen LogP contribution is 2.30. The van der Waals surface area contributed by atoms with Crippen LogP contribution in [0.1, 0.15) is 70.8 Å². The van der Waals surface area contributed by atoms with Gasteiger partial charge in [0.15, 0.2) is 0 Å². The van der Waals surface area contributed by atoms with Crippen LogP contribution in [0.3, 0.4) is 0 Å². The summed E-state index contributed by atoms with van der Waals surface area (Å²) < 4.78 is 39.1. The van der Waals surface area contributed by atoms with E-state index >= 15 is 0 Å². The van der Waals surface area contributed by atoms with Crippen LogP contribution in [0.4, 0.5) is 13.2 Å². The maximum Gasteiger partial charge on any atom is 0.416 e. The average Bonchev–Trinajstić information content (AvgIpc) is 2.72. The molecule has 2 aromatic carbocycles. The number of rotatable bonds is 5. The fourth-order valence-electron chi connectivity index (χ4n) is 4.02. The number of hydrogen-bond acceptors (Lipinski definition) is 2. The number of carbonyl (C=O) groups is 2. The Balaban J connectivity index is 1.87. The van der Waals surface area contributed by atoms with E-state index in [2.05, 4.69) is 10.6 Å². The third-order valence-electron chi connectivity index (χ3n) is 5.68. The van der Waals surface area contributed by atoms with Crippen LogP contribution in [-0.4, -0.2) is 17.9 Å². The van der Waals surface area contributed by atoms with E-state index < -0.39 is 23.7 Å². The number of amides is 2. The number of alkyl halides is 3. The zero-order valence-corrected chi connectivity index (χ0v) is 17.7. The van der Waals surface area contributed by atoms with Crippen LogP contribution in [0, 0.1) is 13.8 Å². The second-order valence-electron chi connectivity index (χ2n) is 8.19. The molecule has 0 aliphatic heterocycles. The SMILES string of the molecule is Cc1ccc(C(NC(=O)c2cccc(C(F)(F)F)c2)C(=O)NC2CCCCC2)c(C)c1. The third-order valence-corrected chi connectivity index (χ3v) is 5.68. The second kappa shape index (κ2) is 9.54. The summed E-state index contributed by atoms with van der Waals surface area (Å²) in [6.07, 6.45) is 0.423. The van der Waals surface area contributed by atoms with Crippen LogP contribution in [0.25, 0.3) is 0 Å². The maximum absolute atomic E-state index is 13.1. The van der Waals surface area contributed by atoms with Gasteiger partial charge < -0.3 is 10.6 Å². The predicted octanol–water partition coefficient (Wildman–Crippen LogP) is 5.24. The molecule has 31 heavy (non-hydrogen) atoms. The average molecular weight is 432 g/mol. The molecular weight excluding hydrogens is 405 g/mol. The molecule has 1 fully saturated rings. The number of carbonyl (C=O) groups excluding carboxylic acids is 2. The van der Waals surface area contributed by atoms with Crippen LogP contribution in [0.2, 0.25) is 0 Å². The zero-order valence-electron chi connectivity index (χ0n) is 17.7. The maximum atomic E-state index is 13.1. The Morgan fingerprint density at radius 1 is 1.00 bits per heavy atom. The molecule has 7 heteroatoms. The number of aryl methyl sites for hydroxylation is 2. The van der Waals surface area contributed by atoms with Gasteiger partial charge in [-0.05, 0) is 56.0 Å². The van der Waals surface area contributed by atoms with Crippen molar-refractivity contribution in [2.24, 2.45) is 0 Å². The van der Waals surface area contributed by atoms with Gasteiger partial charge in [-0.15, -0.1) is 0 Å². The van der Waals surface area contributed by atoms with Crippen molar-refractivity contribution in [1.82, 2.24) is 10.6 Å². The van der Waals surface area contributed by atoms with Crippen molar-refractivity contribution in [2.45, 2.75) is 64.2 Å². The van der Waals surface area contributed by atoms with Gasteiger partial charge in [0.1, 0.15) is 6.04 Å². The molecule has 2 amide bonds. The first-order chi connectivity index (χ1) is 14.6. The molecule has 1 aliphatic rings. The number of halogens is 3. The van der Waals surface area contributed by atoms with E-state index in [4.69, 9.17) is 0 Å². The van der Waals surface area contributed by atoms with Crippen molar-refractivity contribution in [3.63, 3.8) is 0 Å². The summed E-state index contributed by atoms with van der Waals surface area (Å²) >= 11 is 0. The minimum absolute atomic E-state index is 0.0416. The smallest absolute Gasteiger partial charge is 0.351 e. The summed E-state index contributed by atoms with van der Waals surface area (Å²) in [5.41, 5.74) is 1.41. The van der Waals surface area contributed by atoms with Gasteiger partial charge in [-0.25, -0.2) is 0 Å². The molecule has 3 rings (SSSR count). The van der Waals surface area contributed by atoms with Gasteiger partial charge in [-0.1, -0.05) is 49.1 Å². The molecule has 0 radical (unpaired) electrons. The summed E-state index contributed by atoms with van der Waals surface area (Å²) in [5.74, 6) is -1.07. The minimum atomic E-state index is -4.55. The Kier molecular flexibility index (Phi) is 7.03. The third kappa shape index (κ3) is 5.87. The van der Waals surface area contributed by atoms with Gasteiger partial charge in [0.2, 0.25) is 5.91 Å². The lowest BCUT2D eigenvalue weighted by Gasteiger charge is -2.27. The van der Waals surface area contributed by atoms with Gasteiger partial charge in [-0.3, -0.25) is 9.59 Å². The van der Waals surface area contributed by atoms with E-state index in [-0.39, 0.29) is 17.5 Å². The van der Waals surface area contributed by atoms with E-state index in [9.17, 15) is 22.8 Å². The minimum Gasteiger partial charge on any atom is -0.351 e. The highest BCUT2D eigenvalue weighted by atomic mass is 19.4. The molecule has 1 unspecified atom stereocenters. The van der Waals surface area contributed by atoms with Crippen LogP contribution in [0.15, 0.2) is 42.5 Å². The van der Waals surface area contributed by atoms with Crippen molar-refractivity contribution in [1.29, 1.82) is 0 Å². The van der Waals surface area contributed by atoms with Crippen molar-refractivity contribution >= 4 is 11.8 Å². The summed E-state index contributed by atoms with van der Waals surface area (Å²) in [4.78, 5) is 26.0. The zero-order chi connectivity index (χ0) is 22.6. The summed E-state index contributed by atoms with van der Waals surface area (Å²) in [7, 11) is 0. The molecule has 2 aromatic rings. The first-order valence-electron chi connectivity index (χ1n) is 10.5. The van der Waals surface area contributed by atoms with E-state index in [0.29, 0.717) is 5.56 Å². The van der Waals surface area contributed by atoms with E-state index in [1.807, 2.05) is 26.0 Å². The largest absolute Gasteiger partial charge is 0.416 e. The van der Waals surface area contributed by atoms with Crippen LogP contribution in [-0.2, 0) is 11.0 Å². The van der Waals surface area contributed by atoms with Gasteiger partial charge >= 0.3 is 6.18 Å². The lowest BCUT2D eigenvalue weighted by molar-refractivity contribution is -0.137. The first-order valence-corrected chi connectivity index (χ1v) is 10.5. The van der Waals surface area contributed by atoms with E-state index in [0.717, 1.165) is 55.4 Å². The highest BCUT2D eigenvalue weighted by molar-refractivity contribution is 5.98. The van der Waals surface area contributed by atoms with E-state index in [1.54, 1.807) is 6.07 Å². The quantitative estimate of drug-likeness (QED) is 0.679. The predicted molar refractivity (Wildman–Crippen MR) is 113 cm³/mol. The molecule has 2 N–H and O–H groups in total. The fourth-order valence-corrected chi connectivity index (χ4v) is 4.02. The Labute approximate surface area is 180 Å². The molecule has 0 bridgehead atoms. The van der Waals surface area contributed by atoms with Crippen LogP contribution in [0.5, 0.6) is 0 Å². The Hall–Kier alpha value is -2.83. The monoisotopic (exact) mass is 432 g/mol. The Bertz CT molecular complexity index is 950. The second-order valence-corrected chi connectivity index (χ2v) is 8.19. The molecule has 1 saturated carbocycles. The molecule has 4 nitrogen and oxygen atoms in total. The van der Waals surface area contributed by atoms with Crippen molar-refractivity contribution in [3.05, 3.63) is 70.3 Å². The fraction of sp³-hybridized carbons (Fsp3) is 0.417. The van der Waals surface area contributed by atoms with Gasteiger partial charge in [-0.2, -0.15) is 13.2 Å². The normalized spacial score (nSPS) is 15.9. The molecule has 0 spiro atoms. The van der Waals surface area contributed by atoms with Crippen molar-refractivity contribution < 1.29 is 22.8 Å². The van der Waals surface area contributed by atoms with Gasteiger partial charge in [0.05, 0.1) is 5.56 Å². The summed E-state index contributed by atoms with van der Waals surface area (Å²) in [6.45, 7) is 3.77. The number of hydrogen-bond donors (Lipinski definition) is 2. The van der Waals surface area contributed by atoms with Crippen LogP contribution < -0.4 is 10.6 Å². The Morgan fingerprint density at radius 2 is 1.71 bits per heavy atom. The number of nitrogens with one attached hydrogen (secondary N) is 2. The molecule has 166 valence electrons. The summed E-state index contributed by atoms with van der Waals surface area (Å²) in [5, 5.41) is 5.68. The molecule has 0 saturated heterocycles. The molecule has 1 aliphatic carbocycles. The molecule has 1 atom stereocenters. The first kappa shape index (κ1) is 22.8. The summed E-state index contributed by atoms with van der Waals surface area (Å²) in [6, 6.07) is 8.79. The lowest BCUT2D eigenvalue weighted by atomic mass is 9.94. The van der Waals surface area contributed by atoms with Crippen molar-refractivity contribution in [3.8, 4) is 0 Å². The molecular formula is C24H27F3N2O2. The topological polar surface area (TPSA) is 58.2 Å². The lowest BCUT2D eigenvalue weighted by Crippen LogP contribution is -2.45. The molecule has 0 aromatic heterocycles. The number of benzene rings is 2. The van der Waals surface area contributed by atoms with Crippen LogP contribution >= 0.6 is 0 Å². The van der Waals surface area contributed by atoms with E-state index in [1.165, 1.54) is 12.1 Å². The van der Waals surface area contributed by atoms with Gasteiger partial charge in [0.25, 0.3) is 5.91 Å². The Morgan fingerprint density at radius 3 is 2.35 bits per heavy atom.